The molecule has 0 atom stereocenters. The van der Waals surface area contributed by atoms with Gasteiger partial charge in [0.2, 0.25) is 0 Å². The summed E-state index contributed by atoms with van der Waals surface area (Å²) >= 11 is 0. The molecule has 0 nitrogen and oxygen atoms in total. The Kier molecular flexibility index (Phi) is 11.2. The number of hydrogen-bond acceptors (Lipinski definition) is 0. The highest BCUT2D eigenvalue weighted by molar-refractivity contribution is 4.82. The Balaban J connectivity index is 2.12. The monoisotopic (exact) mass is 248 g/mol. The van der Waals surface area contributed by atoms with E-state index >= 15 is 0 Å². The van der Waals surface area contributed by atoms with Crippen molar-refractivity contribution in [2.75, 3.05) is 0 Å². The Morgan fingerprint density at radius 2 is 0.500 bits per heavy atom. The summed E-state index contributed by atoms with van der Waals surface area (Å²) in [6.45, 7) is 0. The fraction of sp³-hybridized carbons (Fsp3) is 0.778. The van der Waals surface area contributed by atoms with Gasteiger partial charge in [-0.05, 0) is 51.4 Å². The summed E-state index contributed by atoms with van der Waals surface area (Å²) in [5, 5.41) is 0. The molecule has 0 aromatic carbocycles. The Morgan fingerprint density at radius 1 is 0.278 bits per heavy atom. The van der Waals surface area contributed by atoms with Crippen LogP contribution in [-0.2, 0) is 0 Å². The standard InChI is InChI=1S/C18H32/c1-2-4-6-8-10-12-14-16-18-17-15-13-11-9-7-5-3-1/h1-2,17-18H,3-16H2/b2-1+,18-17+. The summed E-state index contributed by atoms with van der Waals surface area (Å²) in [6.07, 6.45) is 29.0. The van der Waals surface area contributed by atoms with Crippen LogP contribution in [0.3, 0.4) is 0 Å². The quantitative estimate of drug-likeness (QED) is 0.425. The molecule has 18 heavy (non-hydrogen) atoms. The van der Waals surface area contributed by atoms with Crippen molar-refractivity contribution in [2.24, 2.45) is 0 Å². The lowest BCUT2D eigenvalue weighted by atomic mass is 10.1. The zero-order chi connectivity index (χ0) is 12.7. The van der Waals surface area contributed by atoms with Crippen LogP contribution in [0.25, 0.3) is 0 Å². The van der Waals surface area contributed by atoms with Gasteiger partial charge >= 0.3 is 0 Å². The molecule has 0 aromatic heterocycles. The molecule has 0 fully saturated rings. The van der Waals surface area contributed by atoms with Crippen LogP contribution in [0.2, 0.25) is 0 Å². The molecule has 0 heteroatoms. The predicted octanol–water partition coefficient (Wildman–Crippen LogP) is 6.57. The highest BCUT2D eigenvalue weighted by Gasteiger charge is 1.91. The number of allylic oxidation sites excluding steroid dienone is 4. The van der Waals surface area contributed by atoms with Crippen LogP contribution in [0, 0.1) is 0 Å². The van der Waals surface area contributed by atoms with E-state index in [1.54, 1.807) is 0 Å². The van der Waals surface area contributed by atoms with E-state index in [1.807, 2.05) is 0 Å². The maximum Gasteiger partial charge on any atom is -0.0351 e. The highest BCUT2D eigenvalue weighted by Crippen LogP contribution is 2.11. The Bertz CT molecular complexity index is 168. The molecule has 0 N–H and O–H groups in total. The summed E-state index contributed by atoms with van der Waals surface area (Å²) in [4.78, 5) is 0. The van der Waals surface area contributed by atoms with Crippen LogP contribution in [0.4, 0.5) is 0 Å². The molecule has 104 valence electrons. The maximum atomic E-state index is 2.41. The van der Waals surface area contributed by atoms with Crippen LogP contribution in [0.5, 0.6) is 0 Å². The Labute approximate surface area is 115 Å². The zero-order valence-corrected chi connectivity index (χ0v) is 12.2. The van der Waals surface area contributed by atoms with E-state index in [0.29, 0.717) is 0 Å². The summed E-state index contributed by atoms with van der Waals surface area (Å²) in [7, 11) is 0. The fourth-order valence-corrected chi connectivity index (χ4v) is 2.58. The first-order chi connectivity index (χ1) is 9.00. The molecule has 0 saturated heterocycles. The lowest BCUT2D eigenvalue weighted by molar-refractivity contribution is 0.611. The molecule has 0 spiro atoms. The summed E-state index contributed by atoms with van der Waals surface area (Å²) < 4.78 is 0. The first kappa shape index (κ1) is 15.5. The predicted molar refractivity (Wildman–Crippen MR) is 82.9 cm³/mol. The van der Waals surface area contributed by atoms with Gasteiger partial charge in [-0.25, -0.2) is 0 Å². The second kappa shape index (κ2) is 12.9. The van der Waals surface area contributed by atoms with E-state index in [1.165, 1.54) is 89.9 Å². The minimum Gasteiger partial charge on any atom is -0.0885 e. The Morgan fingerprint density at radius 3 is 0.778 bits per heavy atom. The van der Waals surface area contributed by atoms with Gasteiger partial charge < -0.3 is 0 Å². The van der Waals surface area contributed by atoms with Crippen molar-refractivity contribution in [3.8, 4) is 0 Å². The molecule has 0 amide bonds. The van der Waals surface area contributed by atoms with Crippen molar-refractivity contribution in [1.82, 2.24) is 0 Å². The van der Waals surface area contributed by atoms with Crippen molar-refractivity contribution in [3.05, 3.63) is 24.3 Å². The molecule has 0 aromatic rings. The normalized spacial score (nSPS) is 25.8. The van der Waals surface area contributed by atoms with E-state index in [9.17, 15) is 0 Å². The van der Waals surface area contributed by atoms with Crippen molar-refractivity contribution >= 4 is 0 Å². The molecular weight excluding hydrogens is 216 g/mol. The zero-order valence-electron chi connectivity index (χ0n) is 12.2. The second-order valence-corrected chi connectivity index (χ2v) is 5.63. The SMILES string of the molecule is C1=C/CCCCCCC/C=C/CCCCCCC/1. The van der Waals surface area contributed by atoms with Crippen LogP contribution < -0.4 is 0 Å². The molecule has 0 aliphatic heterocycles. The van der Waals surface area contributed by atoms with Gasteiger partial charge in [0.1, 0.15) is 0 Å². The minimum absolute atomic E-state index is 1.31. The molecule has 0 unspecified atom stereocenters. The van der Waals surface area contributed by atoms with Crippen LogP contribution in [-0.4, -0.2) is 0 Å². The third-order valence-electron chi connectivity index (χ3n) is 3.82. The van der Waals surface area contributed by atoms with Gasteiger partial charge in [0, 0.05) is 0 Å². The fourth-order valence-electron chi connectivity index (χ4n) is 2.58. The van der Waals surface area contributed by atoms with Gasteiger partial charge in [-0.2, -0.15) is 0 Å². The number of hydrogen-bond donors (Lipinski definition) is 0. The summed E-state index contributed by atoms with van der Waals surface area (Å²) in [5.41, 5.74) is 0. The average Bonchev–Trinajstić information content (AvgIpc) is 2.39. The smallest absolute Gasteiger partial charge is 0.0351 e. The topological polar surface area (TPSA) is 0 Å². The first-order valence-electron chi connectivity index (χ1n) is 8.30. The molecule has 0 radical (unpaired) electrons. The molecule has 0 heterocycles. The van der Waals surface area contributed by atoms with Gasteiger partial charge in [0.05, 0.1) is 0 Å². The molecule has 1 rings (SSSR count). The van der Waals surface area contributed by atoms with Crippen molar-refractivity contribution < 1.29 is 0 Å². The lowest BCUT2D eigenvalue weighted by Crippen LogP contribution is -1.80. The van der Waals surface area contributed by atoms with E-state index in [-0.39, 0.29) is 0 Å². The number of rotatable bonds is 0. The van der Waals surface area contributed by atoms with Crippen molar-refractivity contribution in [2.45, 2.75) is 89.9 Å². The van der Waals surface area contributed by atoms with Gasteiger partial charge in [-0.3, -0.25) is 0 Å². The maximum absolute atomic E-state index is 2.41. The van der Waals surface area contributed by atoms with Crippen LogP contribution in [0.15, 0.2) is 24.3 Å². The van der Waals surface area contributed by atoms with Crippen molar-refractivity contribution in [1.29, 1.82) is 0 Å². The van der Waals surface area contributed by atoms with Gasteiger partial charge in [-0.1, -0.05) is 62.8 Å². The molecular formula is C18H32. The van der Waals surface area contributed by atoms with E-state index in [0.717, 1.165) is 0 Å². The molecule has 0 saturated carbocycles. The third kappa shape index (κ3) is 10.6. The average molecular weight is 248 g/mol. The van der Waals surface area contributed by atoms with Gasteiger partial charge in [-0.15, -0.1) is 0 Å². The van der Waals surface area contributed by atoms with Crippen molar-refractivity contribution in [3.63, 3.8) is 0 Å². The molecule has 1 aliphatic carbocycles. The highest BCUT2D eigenvalue weighted by atomic mass is 14.0. The lowest BCUT2D eigenvalue weighted by Gasteiger charge is -2.00. The largest absolute Gasteiger partial charge is 0.0885 e. The van der Waals surface area contributed by atoms with E-state index in [2.05, 4.69) is 24.3 Å². The summed E-state index contributed by atoms with van der Waals surface area (Å²) in [6, 6.07) is 0. The summed E-state index contributed by atoms with van der Waals surface area (Å²) in [5.74, 6) is 0. The van der Waals surface area contributed by atoms with Crippen LogP contribution >= 0.6 is 0 Å². The van der Waals surface area contributed by atoms with Gasteiger partial charge in [0.25, 0.3) is 0 Å². The first-order valence-corrected chi connectivity index (χ1v) is 8.30. The molecule has 1 aliphatic rings. The van der Waals surface area contributed by atoms with Gasteiger partial charge in [0.15, 0.2) is 0 Å². The van der Waals surface area contributed by atoms with Crippen LogP contribution in [0.1, 0.15) is 89.9 Å². The minimum atomic E-state index is 1.31. The van der Waals surface area contributed by atoms with E-state index in [4.69, 9.17) is 0 Å². The molecule has 0 bridgehead atoms. The second-order valence-electron chi connectivity index (χ2n) is 5.63. The van der Waals surface area contributed by atoms with E-state index < -0.39 is 0 Å². The third-order valence-corrected chi connectivity index (χ3v) is 3.82. The Hall–Kier alpha value is -0.520.